The molecule has 0 unspecified atom stereocenters. The highest BCUT2D eigenvalue weighted by atomic mass is 16.4. The third-order valence-corrected chi connectivity index (χ3v) is 4.16. The second-order valence-corrected chi connectivity index (χ2v) is 5.90. The highest BCUT2D eigenvalue weighted by molar-refractivity contribution is 5.99. The van der Waals surface area contributed by atoms with Crippen molar-refractivity contribution in [3.63, 3.8) is 0 Å². The second kappa shape index (κ2) is 7.25. The van der Waals surface area contributed by atoms with Crippen LogP contribution in [0.4, 0.5) is 0 Å². The number of nitrogens with zero attached hydrogens (tertiary/aromatic N) is 2. The molecule has 3 rings (SSSR count). The zero-order valence-electron chi connectivity index (χ0n) is 14.4. The average Bonchev–Trinajstić information content (AvgIpc) is 2.68. The first-order valence-electron chi connectivity index (χ1n) is 8.15. The summed E-state index contributed by atoms with van der Waals surface area (Å²) < 4.78 is 0.709. The number of carboxylic acid groups (broad SMARTS) is 2. The third-order valence-electron chi connectivity index (χ3n) is 4.16. The predicted molar refractivity (Wildman–Crippen MR) is 98.7 cm³/mol. The molecule has 0 amide bonds. The van der Waals surface area contributed by atoms with Crippen molar-refractivity contribution in [1.29, 1.82) is 0 Å². The van der Waals surface area contributed by atoms with Gasteiger partial charge in [0, 0.05) is 11.1 Å². The van der Waals surface area contributed by atoms with Gasteiger partial charge in [0.25, 0.3) is 5.56 Å². The number of carboxylic acids is 2. The molecule has 0 radical (unpaired) electrons. The summed E-state index contributed by atoms with van der Waals surface area (Å²) in [5.41, 5.74) is -0.00204. The van der Waals surface area contributed by atoms with Gasteiger partial charge in [-0.25, -0.2) is 14.3 Å². The normalized spacial score (nSPS) is 11.7. The maximum absolute atomic E-state index is 12.8. The maximum atomic E-state index is 12.8. The summed E-state index contributed by atoms with van der Waals surface area (Å²) in [6, 6.07) is 16.0. The van der Waals surface area contributed by atoms with E-state index in [-0.39, 0.29) is 11.3 Å². The van der Waals surface area contributed by atoms with E-state index in [0.717, 1.165) is 0 Å². The third kappa shape index (κ3) is 3.35. The number of aliphatic carboxylic acids is 1. The van der Waals surface area contributed by atoms with Gasteiger partial charge in [-0.05, 0) is 12.5 Å². The summed E-state index contributed by atoms with van der Waals surface area (Å²) in [5, 5.41) is 23.3. The van der Waals surface area contributed by atoms with Crippen molar-refractivity contribution >= 4 is 11.9 Å². The van der Waals surface area contributed by atoms with E-state index in [9.17, 15) is 24.6 Å². The minimum absolute atomic E-state index is 0.160. The van der Waals surface area contributed by atoms with Crippen LogP contribution in [0.2, 0.25) is 0 Å². The van der Waals surface area contributed by atoms with Crippen molar-refractivity contribution in [2.75, 3.05) is 0 Å². The lowest BCUT2D eigenvalue weighted by Gasteiger charge is -2.17. The molecule has 136 valence electrons. The van der Waals surface area contributed by atoms with Crippen LogP contribution in [0.3, 0.4) is 0 Å². The van der Waals surface area contributed by atoms with Crippen LogP contribution in [0.15, 0.2) is 65.5 Å². The first kappa shape index (κ1) is 18.1. The van der Waals surface area contributed by atoms with E-state index in [1.165, 1.54) is 6.92 Å². The Labute approximate surface area is 154 Å². The van der Waals surface area contributed by atoms with Gasteiger partial charge in [-0.3, -0.25) is 4.79 Å². The molecule has 0 aliphatic heterocycles. The SMILES string of the molecule is C[C@@H](C(=O)O)n1nc(-c2ccccc2)c(-c2ccccc2)c(C(=O)O)c1=O. The van der Waals surface area contributed by atoms with Gasteiger partial charge >= 0.3 is 11.9 Å². The second-order valence-electron chi connectivity index (χ2n) is 5.90. The number of rotatable bonds is 5. The van der Waals surface area contributed by atoms with Crippen LogP contribution in [0, 0.1) is 0 Å². The molecule has 7 nitrogen and oxygen atoms in total. The van der Waals surface area contributed by atoms with E-state index in [4.69, 9.17) is 0 Å². The lowest BCUT2D eigenvalue weighted by atomic mass is 9.95. The van der Waals surface area contributed by atoms with Gasteiger partial charge in [0.1, 0.15) is 5.56 Å². The Hall–Kier alpha value is -3.74. The summed E-state index contributed by atoms with van der Waals surface area (Å²) in [6.07, 6.45) is 0. The van der Waals surface area contributed by atoms with Crippen molar-refractivity contribution in [3.8, 4) is 22.4 Å². The highest BCUT2D eigenvalue weighted by Crippen LogP contribution is 2.32. The monoisotopic (exact) mass is 364 g/mol. The van der Waals surface area contributed by atoms with Gasteiger partial charge in [-0.1, -0.05) is 60.7 Å². The largest absolute Gasteiger partial charge is 0.480 e. The van der Waals surface area contributed by atoms with E-state index in [0.29, 0.717) is 15.8 Å². The zero-order chi connectivity index (χ0) is 19.6. The fourth-order valence-electron chi connectivity index (χ4n) is 2.79. The van der Waals surface area contributed by atoms with Crippen LogP contribution in [0.1, 0.15) is 23.3 Å². The first-order valence-corrected chi connectivity index (χ1v) is 8.15. The Morgan fingerprint density at radius 1 is 0.926 bits per heavy atom. The summed E-state index contributed by atoms with van der Waals surface area (Å²) in [4.78, 5) is 36.1. The maximum Gasteiger partial charge on any atom is 0.342 e. The molecule has 0 saturated heterocycles. The molecule has 2 aromatic carbocycles. The molecular formula is C20H16N2O5. The van der Waals surface area contributed by atoms with Crippen molar-refractivity contribution in [3.05, 3.63) is 76.6 Å². The van der Waals surface area contributed by atoms with E-state index in [2.05, 4.69) is 5.10 Å². The van der Waals surface area contributed by atoms with Gasteiger partial charge in [-0.2, -0.15) is 5.10 Å². The van der Waals surface area contributed by atoms with Gasteiger partial charge in [0.15, 0.2) is 6.04 Å². The van der Waals surface area contributed by atoms with Crippen LogP contribution < -0.4 is 5.56 Å². The van der Waals surface area contributed by atoms with Crippen molar-refractivity contribution in [1.82, 2.24) is 9.78 Å². The van der Waals surface area contributed by atoms with Crippen LogP contribution in [-0.4, -0.2) is 31.9 Å². The number of benzene rings is 2. The van der Waals surface area contributed by atoms with Gasteiger partial charge in [0.2, 0.25) is 0 Å². The number of carbonyl (C=O) groups is 2. The Bertz CT molecular complexity index is 1060. The molecule has 1 atom stereocenters. The number of hydrogen-bond donors (Lipinski definition) is 2. The summed E-state index contributed by atoms with van der Waals surface area (Å²) in [6.45, 7) is 1.28. The van der Waals surface area contributed by atoms with Crippen molar-refractivity contribution < 1.29 is 19.8 Å². The lowest BCUT2D eigenvalue weighted by Crippen LogP contribution is -2.35. The molecular weight excluding hydrogens is 348 g/mol. The molecule has 27 heavy (non-hydrogen) atoms. The van der Waals surface area contributed by atoms with Gasteiger partial charge in [0.05, 0.1) is 5.69 Å². The van der Waals surface area contributed by atoms with E-state index < -0.39 is 29.1 Å². The molecule has 1 heterocycles. The molecule has 0 aliphatic rings. The quantitative estimate of drug-likeness (QED) is 0.720. The molecule has 0 saturated carbocycles. The minimum Gasteiger partial charge on any atom is -0.480 e. The molecule has 7 heteroatoms. The summed E-state index contributed by atoms with van der Waals surface area (Å²) in [5.74, 6) is -2.72. The van der Waals surface area contributed by atoms with Crippen LogP contribution >= 0.6 is 0 Å². The van der Waals surface area contributed by atoms with Crippen LogP contribution in [-0.2, 0) is 4.79 Å². The predicted octanol–water partition coefficient (Wildman–Crippen LogP) is 2.92. The standard InChI is InChI=1S/C20H16N2O5/c1-12(19(24)25)22-18(23)16(20(26)27)15(13-8-4-2-5-9-13)17(21-22)14-10-6-3-7-11-14/h2-12H,1H3,(H,24,25)(H,26,27)/t12-/m0/s1. The molecule has 0 spiro atoms. The highest BCUT2D eigenvalue weighted by Gasteiger charge is 2.28. The molecule has 0 bridgehead atoms. The smallest absolute Gasteiger partial charge is 0.342 e. The molecule has 1 aromatic heterocycles. The molecule has 2 N–H and O–H groups in total. The Balaban J connectivity index is 2.47. The number of hydrogen-bond acceptors (Lipinski definition) is 4. The van der Waals surface area contributed by atoms with Crippen LogP contribution in [0.5, 0.6) is 0 Å². The molecule has 0 fully saturated rings. The Kier molecular flexibility index (Phi) is 4.85. The minimum atomic E-state index is -1.44. The first-order chi connectivity index (χ1) is 12.9. The summed E-state index contributed by atoms with van der Waals surface area (Å²) in [7, 11) is 0. The van der Waals surface area contributed by atoms with Gasteiger partial charge in [-0.15, -0.1) is 0 Å². The summed E-state index contributed by atoms with van der Waals surface area (Å²) >= 11 is 0. The van der Waals surface area contributed by atoms with E-state index >= 15 is 0 Å². The fourth-order valence-corrected chi connectivity index (χ4v) is 2.79. The molecule has 0 aliphatic carbocycles. The van der Waals surface area contributed by atoms with Crippen LogP contribution in [0.25, 0.3) is 22.4 Å². The fraction of sp³-hybridized carbons (Fsp3) is 0.100. The van der Waals surface area contributed by atoms with Crippen molar-refractivity contribution in [2.45, 2.75) is 13.0 Å². The lowest BCUT2D eigenvalue weighted by molar-refractivity contribution is -0.140. The topological polar surface area (TPSA) is 109 Å². The number of aromatic nitrogens is 2. The zero-order valence-corrected chi connectivity index (χ0v) is 14.4. The van der Waals surface area contributed by atoms with Crippen molar-refractivity contribution in [2.24, 2.45) is 0 Å². The van der Waals surface area contributed by atoms with E-state index in [1.807, 2.05) is 0 Å². The number of aromatic carboxylic acids is 1. The Morgan fingerprint density at radius 3 is 1.93 bits per heavy atom. The molecule has 3 aromatic rings. The van der Waals surface area contributed by atoms with Gasteiger partial charge < -0.3 is 10.2 Å². The van der Waals surface area contributed by atoms with E-state index in [1.54, 1.807) is 60.7 Å². The Morgan fingerprint density at radius 2 is 1.44 bits per heavy atom. The average molecular weight is 364 g/mol.